The van der Waals surface area contributed by atoms with E-state index in [1.54, 1.807) is 0 Å². The Balaban J connectivity index is 2.24. The minimum Gasteiger partial charge on any atom is -0.454 e. The lowest BCUT2D eigenvalue weighted by Crippen LogP contribution is -2.36. The van der Waals surface area contributed by atoms with Crippen molar-refractivity contribution >= 4 is 17.6 Å². The molecule has 1 aromatic heterocycles. The molecule has 0 aliphatic heterocycles. The lowest BCUT2D eigenvalue weighted by Gasteiger charge is -2.12. The number of carbonyl (C=O) groups is 2. The normalized spacial score (nSPS) is 11.9. The summed E-state index contributed by atoms with van der Waals surface area (Å²) < 4.78 is 6.20. The van der Waals surface area contributed by atoms with Crippen LogP contribution >= 0.6 is 0 Å². The number of ether oxygens (including phenoxy) is 1. The molecule has 0 aromatic carbocycles. The maximum Gasteiger partial charge on any atom is 0.328 e. The minimum absolute atomic E-state index is 0.0605. The van der Waals surface area contributed by atoms with Crippen LogP contribution in [0.5, 0.6) is 0 Å². The molecular weight excluding hydrogens is 248 g/mol. The SMILES string of the molecule is CCCC(C)NC(=O)COC(=O)Cn1cc(N)cn1. The smallest absolute Gasteiger partial charge is 0.328 e. The Labute approximate surface area is 112 Å². The quantitative estimate of drug-likeness (QED) is 0.693. The van der Waals surface area contributed by atoms with Crippen molar-refractivity contribution < 1.29 is 14.3 Å². The summed E-state index contributed by atoms with van der Waals surface area (Å²) >= 11 is 0. The molecule has 0 aliphatic carbocycles. The first-order valence-corrected chi connectivity index (χ1v) is 6.24. The molecule has 1 heterocycles. The molecule has 19 heavy (non-hydrogen) atoms. The second kappa shape index (κ2) is 7.40. The van der Waals surface area contributed by atoms with Gasteiger partial charge < -0.3 is 15.8 Å². The van der Waals surface area contributed by atoms with Crippen LogP contribution < -0.4 is 11.1 Å². The first kappa shape index (κ1) is 15.0. The molecule has 1 rings (SSSR count). The molecule has 1 aromatic rings. The van der Waals surface area contributed by atoms with Crippen molar-refractivity contribution in [1.82, 2.24) is 15.1 Å². The van der Waals surface area contributed by atoms with Crippen LogP contribution in [0.4, 0.5) is 5.69 Å². The van der Waals surface area contributed by atoms with Gasteiger partial charge in [-0.3, -0.25) is 14.3 Å². The van der Waals surface area contributed by atoms with E-state index in [0.717, 1.165) is 12.8 Å². The van der Waals surface area contributed by atoms with Crippen molar-refractivity contribution in [2.45, 2.75) is 39.3 Å². The molecule has 0 saturated heterocycles. The number of nitrogen functional groups attached to an aromatic ring is 1. The standard InChI is InChI=1S/C12H20N4O3/c1-3-4-9(2)15-11(17)8-19-12(18)7-16-6-10(13)5-14-16/h5-6,9H,3-4,7-8,13H2,1-2H3,(H,15,17). The van der Waals surface area contributed by atoms with Gasteiger partial charge in [-0.25, -0.2) is 0 Å². The first-order valence-electron chi connectivity index (χ1n) is 6.24. The number of amides is 1. The Bertz CT molecular complexity index is 430. The van der Waals surface area contributed by atoms with E-state index in [2.05, 4.69) is 10.4 Å². The zero-order chi connectivity index (χ0) is 14.3. The maximum absolute atomic E-state index is 11.5. The Morgan fingerprint density at radius 2 is 2.32 bits per heavy atom. The van der Waals surface area contributed by atoms with Crippen molar-refractivity contribution in [2.24, 2.45) is 0 Å². The number of nitrogens with one attached hydrogen (secondary N) is 1. The summed E-state index contributed by atoms with van der Waals surface area (Å²) in [6.45, 7) is 3.62. The summed E-state index contributed by atoms with van der Waals surface area (Å²) in [5.41, 5.74) is 5.93. The summed E-state index contributed by atoms with van der Waals surface area (Å²) in [5, 5.41) is 6.59. The molecule has 0 saturated carbocycles. The van der Waals surface area contributed by atoms with Gasteiger partial charge >= 0.3 is 5.97 Å². The van der Waals surface area contributed by atoms with Crippen LogP contribution in [-0.2, 0) is 20.9 Å². The lowest BCUT2D eigenvalue weighted by molar-refractivity contribution is -0.149. The molecule has 1 amide bonds. The molecule has 1 unspecified atom stereocenters. The van der Waals surface area contributed by atoms with Crippen molar-refractivity contribution in [1.29, 1.82) is 0 Å². The molecule has 0 aliphatic rings. The van der Waals surface area contributed by atoms with E-state index in [1.807, 2.05) is 13.8 Å². The van der Waals surface area contributed by atoms with Crippen molar-refractivity contribution in [3.8, 4) is 0 Å². The molecule has 106 valence electrons. The highest BCUT2D eigenvalue weighted by molar-refractivity contribution is 5.80. The van der Waals surface area contributed by atoms with Gasteiger partial charge in [0.05, 0.1) is 11.9 Å². The van der Waals surface area contributed by atoms with Crippen LogP contribution in [-0.4, -0.2) is 34.3 Å². The average Bonchev–Trinajstić information content (AvgIpc) is 2.72. The maximum atomic E-state index is 11.5. The van der Waals surface area contributed by atoms with Gasteiger partial charge in [-0.15, -0.1) is 0 Å². The van der Waals surface area contributed by atoms with Crippen LogP contribution in [0.15, 0.2) is 12.4 Å². The Morgan fingerprint density at radius 1 is 1.58 bits per heavy atom. The largest absolute Gasteiger partial charge is 0.454 e. The third kappa shape index (κ3) is 5.89. The number of rotatable bonds is 7. The minimum atomic E-state index is -0.526. The summed E-state index contributed by atoms with van der Waals surface area (Å²) in [7, 11) is 0. The van der Waals surface area contributed by atoms with Gasteiger partial charge in [-0.2, -0.15) is 5.10 Å². The third-order valence-electron chi connectivity index (χ3n) is 2.44. The second-order valence-corrected chi connectivity index (χ2v) is 4.39. The molecule has 1 atom stereocenters. The van der Waals surface area contributed by atoms with Gasteiger partial charge in [-0.1, -0.05) is 13.3 Å². The highest BCUT2D eigenvalue weighted by atomic mass is 16.5. The Morgan fingerprint density at radius 3 is 2.89 bits per heavy atom. The molecule has 0 bridgehead atoms. The van der Waals surface area contributed by atoms with E-state index in [-0.39, 0.29) is 25.1 Å². The van der Waals surface area contributed by atoms with Gasteiger partial charge in [0.25, 0.3) is 5.91 Å². The summed E-state index contributed by atoms with van der Waals surface area (Å²) in [5.74, 6) is -0.823. The van der Waals surface area contributed by atoms with E-state index in [1.165, 1.54) is 17.1 Å². The van der Waals surface area contributed by atoms with Crippen LogP contribution in [0.3, 0.4) is 0 Å². The molecule has 0 spiro atoms. The predicted octanol–water partition coefficient (Wildman–Crippen LogP) is 0.313. The molecule has 0 radical (unpaired) electrons. The van der Waals surface area contributed by atoms with Gasteiger partial charge in [0, 0.05) is 12.2 Å². The number of anilines is 1. The van der Waals surface area contributed by atoms with Crippen LogP contribution in [0.2, 0.25) is 0 Å². The number of carbonyl (C=O) groups excluding carboxylic acids is 2. The van der Waals surface area contributed by atoms with Crippen LogP contribution in [0.1, 0.15) is 26.7 Å². The number of nitrogens with zero attached hydrogens (tertiary/aromatic N) is 2. The number of nitrogens with two attached hydrogens (primary N) is 1. The first-order chi connectivity index (χ1) is 9.01. The van der Waals surface area contributed by atoms with E-state index < -0.39 is 5.97 Å². The summed E-state index contributed by atoms with van der Waals surface area (Å²) in [4.78, 5) is 22.9. The topological polar surface area (TPSA) is 99.2 Å². The molecule has 0 fully saturated rings. The highest BCUT2D eigenvalue weighted by Crippen LogP contribution is 1.98. The molecule has 3 N–H and O–H groups in total. The van der Waals surface area contributed by atoms with Gasteiger partial charge in [-0.05, 0) is 13.3 Å². The fourth-order valence-corrected chi connectivity index (χ4v) is 1.61. The summed E-state index contributed by atoms with van der Waals surface area (Å²) in [6, 6.07) is 0.0853. The zero-order valence-electron chi connectivity index (χ0n) is 11.3. The molecule has 7 heteroatoms. The Hall–Kier alpha value is -2.05. The monoisotopic (exact) mass is 268 g/mol. The Kier molecular flexibility index (Phi) is 5.84. The van der Waals surface area contributed by atoms with Crippen molar-refractivity contribution in [3.63, 3.8) is 0 Å². The number of esters is 1. The second-order valence-electron chi connectivity index (χ2n) is 4.39. The van der Waals surface area contributed by atoms with Crippen molar-refractivity contribution in [2.75, 3.05) is 12.3 Å². The predicted molar refractivity (Wildman–Crippen MR) is 70.1 cm³/mol. The third-order valence-corrected chi connectivity index (χ3v) is 2.44. The number of hydrogen-bond donors (Lipinski definition) is 2. The molecular formula is C12H20N4O3. The zero-order valence-corrected chi connectivity index (χ0v) is 11.3. The molecule has 7 nitrogen and oxygen atoms in total. The van der Waals surface area contributed by atoms with Crippen LogP contribution in [0, 0.1) is 0 Å². The van der Waals surface area contributed by atoms with Crippen LogP contribution in [0.25, 0.3) is 0 Å². The highest BCUT2D eigenvalue weighted by Gasteiger charge is 2.10. The van der Waals surface area contributed by atoms with E-state index in [9.17, 15) is 9.59 Å². The van der Waals surface area contributed by atoms with Gasteiger partial charge in [0.2, 0.25) is 0 Å². The van der Waals surface area contributed by atoms with Crippen molar-refractivity contribution in [3.05, 3.63) is 12.4 Å². The average molecular weight is 268 g/mol. The van der Waals surface area contributed by atoms with E-state index in [4.69, 9.17) is 10.5 Å². The number of hydrogen-bond acceptors (Lipinski definition) is 5. The van der Waals surface area contributed by atoms with Gasteiger partial charge in [0.15, 0.2) is 6.61 Å². The number of aromatic nitrogens is 2. The van der Waals surface area contributed by atoms with E-state index in [0.29, 0.717) is 5.69 Å². The fourth-order valence-electron chi connectivity index (χ4n) is 1.61. The fraction of sp³-hybridized carbons (Fsp3) is 0.583. The van der Waals surface area contributed by atoms with E-state index >= 15 is 0 Å². The summed E-state index contributed by atoms with van der Waals surface area (Å²) in [6.07, 6.45) is 4.84. The lowest BCUT2D eigenvalue weighted by atomic mass is 10.2. The van der Waals surface area contributed by atoms with Gasteiger partial charge in [0.1, 0.15) is 6.54 Å².